The Morgan fingerprint density at radius 1 is 1.42 bits per heavy atom. The van der Waals surface area contributed by atoms with Crippen molar-refractivity contribution in [1.82, 2.24) is 4.90 Å². The fourth-order valence-electron chi connectivity index (χ4n) is 2.13. The largest absolute Gasteiger partial charge is 0.469 e. The number of nitrogens with two attached hydrogens (primary N) is 1. The maximum atomic E-state index is 11.8. The van der Waals surface area contributed by atoms with Crippen LogP contribution >= 0.6 is 0 Å². The molecule has 0 aliphatic heterocycles. The Kier molecular flexibility index (Phi) is 6.36. The molecule has 4 nitrogen and oxygen atoms in total. The Bertz CT molecular complexity index is 405. The van der Waals surface area contributed by atoms with Crippen LogP contribution in [0.2, 0.25) is 0 Å². The van der Waals surface area contributed by atoms with Crippen molar-refractivity contribution in [2.24, 2.45) is 5.92 Å². The summed E-state index contributed by atoms with van der Waals surface area (Å²) in [4.78, 5) is 13.9. The monoisotopic (exact) mass is 264 g/mol. The zero-order valence-corrected chi connectivity index (χ0v) is 12.1. The Morgan fingerprint density at radius 3 is 2.74 bits per heavy atom. The number of nitrogen functional groups attached to an aromatic ring is 1. The first kappa shape index (κ1) is 15.5. The zero-order chi connectivity index (χ0) is 14.3. The van der Waals surface area contributed by atoms with Crippen molar-refractivity contribution in [2.75, 3.05) is 33.5 Å². The van der Waals surface area contributed by atoms with Gasteiger partial charge in [0.2, 0.25) is 0 Å². The van der Waals surface area contributed by atoms with Gasteiger partial charge in [-0.1, -0.05) is 12.1 Å². The second kappa shape index (κ2) is 7.79. The van der Waals surface area contributed by atoms with Gasteiger partial charge < -0.3 is 15.4 Å². The Balaban J connectivity index is 2.61. The molecule has 0 fully saturated rings. The molecule has 1 unspecified atom stereocenters. The molecular weight excluding hydrogens is 240 g/mol. The van der Waals surface area contributed by atoms with E-state index in [1.807, 2.05) is 38.4 Å². The lowest BCUT2D eigenvalue weighted by atomic mass is 9.94. The van der Waals surface area contributed by atoms with E-state index in [0.29, 0.717) is 6.42 Å². The fraction of sp³-hybridized carbons (Fsp3) is 0.533. The number of methoxy groups -OCH3 is 1. The molecule has 2 N–H and O–H groups in total. The highest BCUT2D eigenvalue weighted by Gasteiger charge is 2.19. The summed E-state index contributed by atoms with van der Waals surface area (Å²) < 4.78 is 4.89. The van der Waals surface area contributed by atoms with Gasteiger partial charge in [-0.2, -0.15) is 0 Å². The minimum absolute atomic E-state index is 0.0910. The van der Waals surface area contributed by atoms with Crippen LogP contribution in [0.1, 0.15) is 18.4 Å². The maximum absolute atomic E-state index is 11.8. The van der Waals surface area contributed by atoms with Crippen LogP contribution in [0.15, 0.2) is 24.3 Å². The summed E-state index contributed by atoms with van der Waals surface area (Å²) in [6.45, 7) is 0.977. The van der Waals surface area contributed by atoms with Crippen molar-refractivity contribution in [1.29, 1.82) is 0 Å². The SMILES string of the molecule is COC(=O)C(CCCN(C)C)Cc1cccc(N)c1. The first-order chi connectivity index (χ1) is 9.02. The summed E-state index contributed by atoms with van der Waals surface area (Å²) in [5.41, 5.74) is 7.57. The van der Waals surface area contributed by atoms with Gasteiger partial charge in [0.25, 0.3) is 0 Å². The zero-order valence-electron chi connectivity index (χ0n) is 12.1. The molecule has 0 heterocycles. The lowest BCUT2D eigenvalue weighted by Gasteiger charge is -2.16. The molecule has 0 aromatic heterocycles. The van der Waals surface area contributed by atoms with Gasteiger partial charge in [0.1, 0.15) is 0 Å². The van der Waals surface area contributed by atoms with Crippen molar-refractivity contribution < 1.29 is 9.53 Å². The van der Waals surface area contributed by atoms with Gasteiger partial charge in [-0.25, -0.2) is 0 Å². The van der Waals surface area contributed by atoms with E-state index in [-0.39, 0.29) is 11.9 Å². The number of carbonyl (C=O) groups is 1. The third-order valence-electron chi connectivity index (χ3n) is 3.13. The van der Waals surface area contributed by atoms with Crippen LogP contribution in [0.3, 0.4) is 0 Å². The second-order valence-corrected chi connectivity index (χ2v) is 5.11. The van der Waals surface area contributed by atoms with Crippen molar-refractivity contribution in [3.63, 3.8) is 0 Å². The number of benzene rings is 1. The predicted octanol–water partition coefficient (Wildman–Crippen LogP) is 1.94. The summed E-state index contributed by atoms with van der Waals surface area (Å²) in [6, 6.07) is 7.68. The molecule has 19 heavy (non-hydrogen) atoms. The fourth-order valence-corrected chi connectivity index (χ4v) is 2.13. The number of nitrogens with zero attached hydrogens (tertiary/aromatic N) is 1. The van der Waals surface area contributed by atoms with E-state index in [2.05, 4.69) is 4.90 Å². The van der Waals surface area contributed by atoms with Gasteiger partial charge in [0.15, 0.2) is 0 Å². The normalized spacial score (nSPS) is 12.4. The van der Waals surface area contributed by atoms with Gasteiger partial charge in [-0.15, -0.1) is 0 Å². The van der Waals surface area contributed by atoms with Crippen molar-refractivity contribution in [2.45, 2.75) is 19.3 Å². The van der Waals surface area contributed by atoms with Gasteiger partial charge >= 0.3 is 5.97 Å². The van der Waals surface area contributed by atoms with E-state index < -0.39 is 0 Å². The highest BCUT2D eigenvalue weighted by atomic mass is 16.5. The van der Waals surface area contributed by atoms with Gasteiger partial charge in [0, 0.05) is 5.69 Å². The minimum atomic E-state index is -0.138. The lowest BCUT2D eigenvalue weighted by molar-refractivity contribution is -0.145. The van der Waals surface area contributed by atoms with Crippen LogP contribution in [-0.2, 0) is 16.0 Å². The molecule has 0 spiro atoms. The summed E-state index contributed by atoms with van der Waals surface area (Å²) in [6.07, 6.45) is 2.50. The average Bonchev–Trinajstić information content (AvgIpc) is 2.36. The smallest absolute Gasteiger partial charge is 0.308 e. The minimum Gasteiger partial charge on any atom is -0.469 e. The molecule has 4 heteroatoms. The lowest BCUT2D eigenvalue weighted by Crippen LogP contribution is -2.21. The van der Waals surface area contributed by atoms with E-state index >= 15 is 0 Å². The predicted molar refractivity (Wildman–Crippen MR) is 77.9 cm³/mol. The van der Waals surface area contributed by atoms with Gasteiger partial charge in [-0.05, 0) is 57.6 Å². The molecule has 1 aromatic rings. The number of rotatable bonds is 7. The Morgan fingerprint density at radius 2 is 2.16 bits per heavy atom. The van der Waals surface area contributed by atoms with Crippen LogP contribution in [-0.4, -0.2) is 38.6 Å². The molecule has 0 aliphatic rings. The maximum Gasteiger partial charge on any atom is 0.308 e. The molecule has 0 aliphatic carbocycles. The number of hydrogen-bond donors (Lipinski definition) is 1. The standard InChI is InChI=1S/C15H24N2O2/c1-17(2)9-5-7-13(15(18)19-3)10-12-6-4-8-14(16)11-12/h4,6,8,11,13H,5,7,9-10,16H2,1-3H3. The molecule has 0 amide bonds. The first-order valence-electron chi connectivity index (χ1n) is 6.60. The van der Waals surface area contributed by atoms with Gasteiger partial charge in [-0.3, -0.25) is 4.79 Å². The highest BCUT2D eigenvalue weighted by molar-refractivity contribution is 5.72. The number of anilines is 1. The average molecular weight is 264 g/mol. The molecule has 1 aromatic carbocycles. The van der Waals surface area contributed by atoms with Crippen LogP contribution in [0.4, 0.5) is 5.69 Å². The molecule has 1 rings (SSSR count). The van der Waals surface area contributed by atoms with Crippen molar-refractivity contribution in [3.8, 4) is 0 Å². The highest BCUT2D eigenvalue weighted by Crippen LogP contribution is 2.17. The molecule has 0 saturated carbocycles. The molecule has 0 radical (unpaired) electrons. The van der Waals surface area contributed by atoms with E-state index in [1.54, 1.807) is 0 Å². The quantitative estimate of drug-likeness (QED) is 0.604. The van der Waals surface area contributed by atoms with Crippen LogP contribution in [0.25, 0.3) is 0 Å². The van der Waals surface area contributed by atoms with Gasteiger partial charge in [0.05, 0.1) is 13.0 Å². The number of carbonyl (C=O) groups excluding carboxylic acids is 1. The number of esters is 1. The van der Waals surface area contributed by atoms with Crippen molar-refractivity contribution >= 4 is 11.7 Å². The first-order valence-corrected chi connectivity index (χ1v) is 6.60. The summed E-state index contributed by atoms with van der Waals surface area (Å²) >= 11 is 0. The van der Waals surface area contributed by atoms with E-state index in [1.165, 1.54) is 7.11 Å². The summed E-state index contributed by atoms with van der Waals surface area (Å²) in [7, 11) is 5.51. The topological polar surface area (TPSA) is 55.6 Å². The molecule has 1 atom stereocenters. The van der Waals surface area contributed by atoms with Crippen LogP contribution in [0.5, 0.6) is 0 Å². The third-order valence-corrected chi connectivity index (χ3v) is 3.13. The third kappa shape index (κ3) is 5.75. The van der Waals surface area contributed by atoms with Crippen molar-refractivity contribution in [3.05, 3.63) is 29.8 Å². The second-order valence-electron chi connectivity index (χ2n) is 5.11. The molecule has 0 saturated heterocycles. The summed E-state index contributed by atoms with van der Waals surface area (Å²) in [5, 5.41) is 0. The molecule has 0 bridgehead atoms. The Labute approximate surface area is 115 Å². The Hall–Kier alpha value is -1.55. The molecule has 106 valence electrons. The molecular formula is C15H24N2O2. The van der Waals surface area contributed by atoms with E-state index in [9.17, 15) is 4.79 Å². The van der Waals surface area contributed by atoms with E-state index in [0.717, 1.165) is 30.6 Å². The van der Waals surface area contributed by atoms with E-state index in [4.69, 9.17) is 10.5 Å². The van der Waals surface area contributed by atoms with Crippen LogP contribution in [0, 0.1) is 5.92 Å². The number of ether oxygens (including phenoxy) is 1. The summed E-state index contributed by atoms with van der Waals surface area (Å²) in [5.74, 6) is -0.229. The van der Waals surface area contributed by atoms with Crippen LogP contribution < -0.4 is 5.73 Å². The number of hydrogen-bond acceptors (Lipinski definition) is 4.